The van der Waals surface area contributed by atoms with Crippen LogP contribution in [0.1, 0.15) is 49.4 Å². The number of aliphatic hydroxyl groups is 3. The van der Waals surface area contributed by atoms with Gasteiger partial charge in [0.25, 0.3) is 5.91 Å². The van der Waals surface area contributed by atoms with E-state index in [9.17, 15) is 34.8 Å². The van der Waals surface area contributed by atoms with Gasteiger partial charge >= 0.3 is 0 Å². The van der Waals surface area contributed by atoms with Crippen LogP contribution in [0.4, 0.5) is 0 Å². The number of phenols is 1. The molecule has 0 heterocycles. The number of phenolic OH excluding ortho intramolecular Hbond substituents is 1. The Morgan fingerprint density at radius 2 is 1.71 bits per heavy atom. The number of carbonyl (C=O) groups is 3. The summed E-state index contributed by atoms with van der Waals surface area (Å²) in [6.07, 6.45) is 0.219. The molecule has 2 aromatic rings. The number of amides is 1. The molecule has 0 radical (unpaired) electrons. The third kappa shape index (κ3) is 4.08. The molecule has 0 bridgehead atoms. The first-order chi connectivity index (χ1) is 19.5. The second-order valence-corrected chi connectivity index (χ2v) is 12.8. The van der Waals surface area contributed by atoms with Crippen LogP contribution < -0.4 is 11.5 Å². The summed E-state index contributed by atoms with van der Waals surface area (Å²) < 4.78 is 0. The molecule has 222 valence electrons. The van der Waals surface area contributed by atoms with Gasteiger partial charge in [0.1, 0.15) is 22.8 Å². The molecule has 10 heteroatoms. The number of rotatable bonds is 4. The molecule has 1 saturated carbocycles. The highest BCUT2D eigenvalue weighted by Gasteiger charge is 2.64. The van der Waals surface area contributed by atoms with Crippen molar-refractivity contribution in [1.29, 1.82) is 0 Å². The summed E-state index contributed by atoms with van der Waals surface area (Å²) in [6.45, 7) is 6.56. The van der Waals surface area contributed by atoms with E-state index in [1.807, 2.05) is 18.2 Å². The molecule has 0 saturated heterocycles. The monoisotopic (exact) mass is 575 g/mol. The molecule has 5 rings (SSSR count). The Morgan fingerprint density at radius 3 is 2.29 bits per heavy atom. The van der Waals surface area contributed by atoms with Gasteiger partial charge < -0.3 is 31.9 Å². The molecule has 3 aliphatic carbocycles. The van der Waals surface area contributed by atoms with E-state index in [0.29, 0.717) is 5.56 Å². The van der Waals surface area contributed by atoms with Gasteiger partial charge in [-0.15, -0.1) is 0 Å². The van der Waals surface area contributed by atoms with Gasteiger partial charge in [-0.2, -0.15) is 0 Å². The van der Waals surface area contributed by atoms with Gasteiger partial charge in [0.2, 0.25) is 5.78 Å². The predicted molar refractivity (Wildman–Crippen MR) is 156 cm³/mol. The number of carbonyl (C=O) groups excluding carboxylic acids is 3. The standard InChI is InChI=1S/C32H37N3O7/c1-31(2,3)16-6-7-17(15(10-16)13-33)18-8-9-21(36)23-19(18)11-14-12-20-25(35(4)5)27(38)24(30(34)41)29(40)32(20,42)28(39)22(14)26(23)37/h6-10,14,20,25,36-37,40,42H,11-13,33H2,1-5H3,(H2,34,41)/t14-,20-,25?,32-/m1/s1. The normalized spacial score (nSPS) is 25.9. The molecule has 42 heavy (non-hydrogen) atoms. The van der Waals surface area contributed by atoms with E-state index in [1.165, 1.54) is 11.0 Å². The minimum absolute atomic E-state index is 0.0214. The maximum Gasteiger partial charge on any atom is 0.255 e. The lowest BCUT2D eigenvalue weighted by molar-refractivity contribution is -0.153. The molecule has 1 fully saturated rings. The number of nitrogens with two attached hydrogens (primary N) is 2. The van der Waals surface area contributed by atoms with Crippen molar-refractivity contribution in [1.82, 2.24) is 4.90 Å². The highest BCUT2D eigenvalue weighted by atomic mass is 16.3. The SMILES string of the molecule is CN(C)C1C(=O)C(C(N)=O)=C(O)[C@]2(O)C(=O)C3=C(O)c4c(O)ccc(-c5ccc(C(C)(C)C)cc5CN)c4C[C@@H]3C[C@H]12. The number of primary amides is 1. The molecule has 0 spiro atoms. The fourth-order valence-corrected chi connectivity index (χ4v) is 6.99. The highest BCUT2D eigenvalue weighted by Crippen LogP contribution is 2.53. The van der Waals surface area contributed by atoms with Gasteiger partial charge in [0, 0.05) is 18.0 Å². The lowest BCUT2D eigenvalue weighted by atomic mass is 9.57. The Balaban J connectivity index is 1.73. The average molecular weight is 576 g/mol. The molecule has 1 unspecified atom stereocenters. The zero-order chi connectivity index (χ0) is 31.0. The van der Waals surface area contributed by atoms with Gasteiger partial charge in [-0.05, 0) is 72.2 Å². The largest absolute Gasteiger partial charge is 0.508 e. The van der Waals surface area contributed by atoms with Crippen molar-refractivity contribution in [3.05, 3.63) is 69.5 Å². The lowest BCUT2D eigenvalue weighted by Crippen LogP contribution is -2.65. The summed E-state index contributed by atoms with van der Waals surface area (Å²) in [5.41, 5.74) is 11.9. The quantitative estimate of drug-likeness (QED) is 0.298. The summed E-state index contributed by atoms with van der Waals surface area (Å²) in [6, 6.07) is 8.07. The van der Waals surface area contributed by atoms with Crippen molar-refractivity contribution < 1.29 is 34.8 Å². The van der Waals surface area contributed by atoms with Gasteiger partial charge in [-0.3, -0.25) is 19.3 Å². The lowest BCUT2D eigenvalue weighted by Gasteiger charge is -2.50. The zero-order valence-corrected chi connectivity index (χ0v) is 24.4. The Kier molecular flexibility index (Phi) is 6.88. The third-order valence-electron chi connectivity index (χ3n) is 9.09. The fourth-order valence-electron chi connectivity index (χ4n) is 6.99. The minimum Gasteiger partial charge on any atom is -0.508 e. The molecular weight excluding hydrogens is 538 g/mol. The summed E-state index contributed by atoms with van der Waals surface area (Å²) in [7, 11) is 3.14. The van der Waals surface area contributed by atoms with Crippen LogP contribution in [0, 0.1) is 11.8 Å². The van der Waals surface area contributed by atoms with Crippen LogP contribution in [0.5, 0.6) is 5.75 Å². The second-order valence-electron chi connectivity index (χ2n) is 12.8. The molecular formula is C32H37N3O7. The first-order valence-corrected chi connectivity index (χ1v) is 13.9. The smallest absolute Gasteiger partial charge is 0.255 e. The number of ketones is 2. The number of hydrogen-bond donors (Lipinski definition) is 6. The van der Waals surface area contributed by atoms with E-state index in [2.05, 4.69) is 20.8 Å². The van der Waals surface area contributed by atoms with E-state index in [1.54, 1.807) is 20.2 Å². The Morgan fingerprint density at radius 1 is 1.07 bits per heavy atom. The predicted octanol–water partition coefficient (Wildman–Crippen LogP) is 2.39. The molecule has 0 aliphatic heterocycles. The highest BCUT2D eigenvalue weighted by molar-refractivity contribution is 6.24. The Bertz CT molecular complexity index is 1610. The summed E-state index contributed by atoms with van der Waals surface area (Å²) in [4.78, 5) is 41.0. The number of aromatic hydroxyl groups is 1. The minimum atomic E-state index is -2.67. The van der Waals surface area contributed by atoms with Crippen molar-refractivity contribution in [3.63, 3.8) is 0 Å². The van der Waals surface area contributed by atoms with E-state index in [4.69, 9.17) is 11.5 Å². The van der Waals surface area contributed by atoms with Crippen LogP contribution in [0.15, 0.2) is 47.2 Å². The third-order valence-corrected chi connectivity index (χ3v) is 9.09. The molecule has 1 amide bonds. The van der Waals surface area contributed by atoms with Crippen molar-refractivity contribution in [3.8, 4) is 16.9 Å². The summed E-state index contributed by atoms with van der Waals surface area (Å²) in [5.74, 6) is -6.79. The van der Waals surface area contributed by atoms with Crippen molar-refractivity contribution in [2.75, 3.05) is 14.1 Å². The van der Waals surface area contributed by atoms with E-state index >= 15 is 0 Å². The molecule has 10 nitrogen and oxygen atoms in total. The van der Waals surface area contributed by atoms with Crippen molar-refractivity contribution in [2.24, 2.45) is 23.3 Å². The molecule has 2 aromatic carbocycles. The number of fused-ring (bicyclic) bond motifs is 3. The first kappa shape index (κ1) is 29.5. The molecule has 8 N–H and O–H groups in total. The Hall–Kier alpha value is -3.99. The zero-order valence-electron chi connectivity index (χ0n) is 24.4. The molecule has 4 atom stereocenters. The van der Waals surface area contributed by atoms with Crippen LogP contribution in [0.25, 0.3) is 16.9 Å². The van der Waals surface area contributed by atoms with Gasteiger partial charge in [0.15, 0.2) is 11.4 Å². The van der Waals surface area contributed by atoms with Gasteiger partial charge in [0.05, 0.1) is 11.6 Å². The van der Waals surface area contributed by atoms with Gasteiger partial charge in [-0.1, -0.05) is 45.0 Å². The maximum absolute atomic E-state index is 14.0. The number of benzene rings is 2. The van der Waals surface area contributed by atoms with Crippen LogP contribution >= 0.6 is 0 Å². The number of hydrogen-bond acceptors (Lipinski definition) is 9. The van der Waals surface area contributed by atoms with Crippen LogP contribution in [-0.4, -0.2) is 68.5 Å². The van der Waals surface area contributed by atoms with Gasteiger partial charge in [-0.25, -0.2) is 0 Å². The van der Waals surface area contributed by atoms with E-state index < -0.39 is 58.0 Å². The van der Waals surface area contributed by atoms with Crippen LogP contribution in [-0.2, 0) is 32.8 Å². The molecule has 0 aromatic heterocycles. The first-order valence-electron chi connectivity index (χ1n) is 13.9. The maximum atomic E-state index is 14.0. The van der Waals surface area contributed by atoms with Crippen molar-refractivity contribution in [2.45, 2.75) is 57.2 Å². The summed E-state index contributed by atoms with van der Waals surface area (Å²) >= 11 is 0. The number of Topliss-reactive ketones (excluding diaryl/α,β-unsaturated/α-hetero) is 2. The average Bonchev–Trinajstić information content (AvgIpc) is 2.89. The number of aliphatic hydroxyl groups excluding tert-OH is 2. The van der Waals surface area contributed by atoms with E-state index in [-0.39, 0.29) is 41.7 Å². The Labute approximate surface area is 243 Å². The second kappa shape index (κ2) is 9.79. The topological polar surface area (TPSA) is 187 Å². The number of nitrogens with zero attached hydrogens (tertiary/aromatic N) is 1. The summed E-state index contributed by atoms with van der Waals surface area (Å²) in [5, 5.41) is 45.2. The number of likely N-dealkylation sites (N-methyl/N-ethyl adjacent to an activating group) is 1. The van der Waals surface area contributed by atoms with Crippen molar-refractivity contribution >= 4 is 23.2 Å². The molecule has 3 aliphatic rings. The van der Waals surface area contributed by atoms with Crippen LogP contribution in [0.3, 0.4) is 0 Å². The van der Waals surface area contributed by atoms with Crippen LogP contribution in [0.2, 0.25) is 0 Å². The van der Waals surface area contributed by atoms with E-state index in [0.717, 1.165) is 22.3 Å². The fraction of sp³-hybridized carbons (Fsp3) is 0.406.